The second-order valence-corrected chi connectivity index (χ2v) is 6.68. The van der Waals surface area contributed by atoms with E-state index in [9.17, 15) is 14.0 Å². The second-order valence-electron chi connectivity index (χ2n) is 6.68. The van der Waals surface area contributed by atoms with Gasteiger partial charge in [-0.05, 0) is 36.8 Å². The first-order chi connectivity index (χ1) is 13.1. The summed E-state index contributed by atoms with van der Waals surface area (Å²) < 4.78 is 13.5. The Bertz CT molecular complexity index is 797. The summed E-state index contributed by atoms with van der Waals surface area (Å²) in [5.74, 6) is -0.506. The fourth-order valence-corrected chi connectivity index (χ4v) is 3.22. The molecule has 1 fully saturated rings. The monoisotopic (exact) mass is 369 g/mol. The molecule has 0 aromatic heterocycles. The van der Waals surface area contributed by atoms with Crippen LogP contribution in [0.15, 0.2) is 54.6 Å². The topological polar surface area (TPSA) is 52.7 Å². The van der Waals surface area contributed by atoms with Gasteiger partial charge >= 0.3 is 6.03 Å². The number of carbonyl (C=O) groups excluding carboxylic acids is 2. The lowest BCUT2D eigenvalue weighted by Crippen LogP contribution is -2.46. The summed E-state index contributed by atoms with van der Waals surface area (Å²) in [6, 6.07) is 14.9. The maximum atomic E-state index is 13.5. The second kappa shape index (κ2) is 8.66. The summed E-state index contributed by atoms with van der Waals surface area (Å²) in [6.07, 6.45) is 2.08. The first-order valence-corrected chi connectivity index (χ1v) is 9.27. The molecule has 5 nitrogen and oxygen atoms in total. The highest BCUT2D eigenvalue weighted by Crippen LogP contribution is 2.23. The van der Waals surface area contributed by atoms with Crippen LogP contribution in [0.4, 0.5) is 20.6 Å². The molecule has 1 heterocycles. The number of carbonyl (C=O) groups is 2. The number of para-hydroxylation sites is 1. The Morgan fingerprint density at radius 3 is 2.70 bits per heavy atom. The van der Waals surface area contributed by atoms with Crippen molar-refractivity contribution in [3.05, 3.63) is 60.4 Å². The maximum absolute atomic E-state index is 13.5. The van der Waals surface area contributed by atoms with Gasteiger partial charge in [-0.2, -0.15) is 0 Å². The fraction of sp³-hybridized carbons (Fsp3) is 0.333. The van der Waals surface area contributed by atoms with Crippen molar-refractivity contribution in [3.63, 3.8) is 0 Å². The molecular weight excluding hydrogens is 345 g/mol. The Morgan fingerprint density at radius 2 is 2.00 bits per heavy atom. The van der Waals surface area contributed by atoms with Crippen LogP contribution in [-0.4, -0.2) is 31.1 Å². The van der Waals surface area contributed by atoms with Gasteiger partial charge in [0, 0.05) is 30.9 Å². The van der Waals surface area contributed by atoms with Crippen LogP contribution in [0.1, 0.15) is 26.2 Å². The van der Waals surface area contributed by atoms with Gasteiger partial charge in [0.15, 0.2) is 0 Å². The van der Waals surface area contributed by atoms with Crippen LogP contribution in [-0.2, 0) is 4.79 Å². The highest BCUT2D eigenvalue weighted by molar-refractivity contribution is 5.98. The highest BCUT2D eigenvalue weighted by atomic mass is 19.1. The number of urea groups is 1. The predicted molar refractivity (Wildman–Crippen MR) is 104 cm³/mol. The number of hydrogen-bond acceptors (Lipinski definition) is 2. The third-order valence-electron chi connectivity index (χ3n) is 4.62. The number of amides is 3. The van der Waals surface area contributed by atoms with Gasteiger partial charge in [0.25, 0.3) is 0 Å². The first-order valence-electron chi connectivity index (χ1n) is 9.27. The van der Waals surface area contributed by atoms with Crippen molar-refractivity contribution < 1.29 is 14.0 Å². The van der Waals surface area contributed by atoms with Gasteiger partial charge in [0.05, 0.1) is 6.04 Å². The maximum Gasteiger partial charge on any atom is 0.322 e. The van der Waals surface area contributed by atoms with Crippen LogP contribution < -0.4 is 15.1 Å². The molecule has 0 saturated carbocycles. The molecule has 1 aliphatic rings. The third kappa shape index (κ3) is 4.64. The third-order valence-corrected chi connectivity index (χ3v) is 4.62. The quantitative estimate of drug-likeness (QED) is 0.838. The van der Waals surface area contributed by atoms with Gasteiger partial charge in [-0.1, -0.05) is 37.6 Å². The SMILES string of the molecule is CCCCN(C(=O)N[C@H]1CC(=O)N(c2cccc(F)c2)C1)c1ccccc1. The number of anilines is 2. The minimum absolute atomic E-state index is 0.120. The van der Waals surface area contributed by atoms with E-state index in [4.69, 9.17) is 0 Å². The number of hydrogen-bond donors (Lipinski definition) is 1. The van der Waals surface area contributed by atoms with E-state index in [0.29, 0.717) is 18.8 Å². The van der Waals surface area contributed by atoms with E-state index in [1.165, 1.54) is 17.0 Å². The molecule has 0 unspecified atom stereocenters. The summed E-state index contributed by atoms with van der Waals surface area (Å²) in [6.45, 7) is 3.03. The Kier molecular flexibility index (Phi) is 6.06. The van der Waals surface area contributed by atoms with Gasteiger partial charge in [-0.25, -0.2) is 9.18 Å². The number of benzene rings is 2. The smallest absolute Gasteiger partial charge is 0.322 e. The Hall–Kier alpha value is -2.89. The minimum Gasteiger partial charge on any atom is -0.333 e. The van der Waals surface area contributed by atoms with Crippen LogP contribution in [0, 0.1) is 5.82 Å². The number of nitrogens with one attached hydrogen (secondary N) is 1. The van der Waals surface area contributed by atoms with Gasteiger partial charge in [0.2, 0.25) is 5.91 Å². The van der Waals surface area contributed by atoms with Crippen molar-refractivity contribution in [1.82, 2.24) is 5.32 Å². The average molecular weight is 369 g/mol. The van der Waals surface area contributed by atoms with Crippen molar-refractivity contribution >= 4 is 23.3 Å². The Labute approximate surface area is 158 Å². The van der Waals surface area contributed by atoms with Crippen LogP contribution >= 0.6 is 0 Å². The lowest BCUT2D eigenvalue weighted by atomic mass is 10.2. The van der Waals surface area contributed by atoms with E-state index in [2.05, 4.69) is 12.2 Å². The van der Waals surface area contributed by atoms with Gasteiger partial charge in [-0.3, -0.25) is 9.69 Å². The zero-order chi connectivity index (χ0) is 19.2. The van der Waals surface area contributed by atoms with Crippen molar-refractivity contribution in [2.75, 3.05) is 22.9 Å². The van der Waals surface area contributed by atoms with Crippen molar-refractivity contribution in [3.8, 4) is 0 Å². The zero-order valence-corrected chi connectivity index (χ0v) is 15.4. The van der Waals surface area contributed by atoms with E-state index < -0.39 is 0 Å². The van der Waals surface area contributed by atoms with E-state index in [1.807, 2.05) is 30.3 Å². The molecule has 1 aliphatic heterocycles. The van der Waals surface area contributed by atoms with Gasteiger partial charge in [0.1, 0.15) is 5.82 Å². The standard InChI is InChI=1S/C21H24FN3O2/c1-2-3-12-24(18-9-5-4-6-10-18)21(27)23-17-14-20(26)25(15-17)19-11-7-8-16(22)13-19/h4-11,13,17H,2-3,12,14-15H2,1H3,(H,23,27)/t17-/m0/s1. The van der Waals surface area contributed by atoms with Crippen molar-refractivity contribution in [2.45, 2.75) is 32.2 Å². The van der Waals surface area contributed by atoms with Crippen LogP contribution in [0.3, 0.4) is 0 Å². The summed E-state index contributed by atoms with van der Waals surface area (Å²) in [7, 11) is 0. The number of nitrogens with zero attached hydrogens (tertiary/aromatic N) is 2. The molecule has 2 aromatic rings. The minimum atomic E-state index is -0.386. The summed E-state index contributed by atoms with van der Waals surface area (Å²) in [5, 5.41) is 2.96. The molecule has 0 bridgehead atoms. The fourth-order valence-electron chi connectivity index (χ4n) is 3.22. The summed E-state index contributed by atoms with van der Waals surface area (Å²) >= 11 is 0. The largest absolute Gasteiger partial charge is 0.333 e. The summed E-state index contributed by atoms with van der Waals surface area (Å²) in [5.41, 5.74) is 1.34. The molecule has 1 N–H and O–H groups in total. The van der Waals surface area contributed by atoms with Gasteiger partial charge < -0.3 is 10.2 Å². The molecule has 3 amide bonds. The van der Waals surface area contributed by atoms with Crippen molar-refractivity contribution in [2.24, 2.45) is 0 Å². The predicted octanol–water partition coefficient (Wildman–Crippen LogP) is 3.95. The molecule has 2 aromatic carbocycles. The molecule has 27 heavy (non-hydrogen) atoms. The van der Waals surface area contributed by atoms with Crippen LogP contribution in [0.2, 0.25) is 0 Å². The lowest BCUT2D eigenvalue weighted by molar-refractivity contribution is -0.117. The molecule has 0 spiro atoms. The normalized spacial score (nSPS) is 16.4. The van der Waals surface area contributed by atoms with E-state index in [-0.39, 0.29) is 30.2 Å². The van der Waals surface area contributed by atoms with E-state index >= 15 is 0 Å². The number of unbranched alkanes of at least 4 members (excludes halogenated alkanes) is 1. The highest BCUT2D eigenvalue weighted by Gasteiger charge is 2.32. The first kappa shape index (κ1) is 18.9. The molecule has 3 rings (SSSR count). The Balaban J connectivity index is 1.68. The number of halogens is 1. The lowest BCUT2D eigenvalue weighted by Gasteiger charge is -2.25. The molecule has 6 heteroatoms. The molecule has 0 aliphatic carbocycles. The zero-order valence-electron chi connectivity index (χ0n) is 15.4. The van der Waals surface area contributed by atoms with E-state index in [0.717, 1.165) is 18.5 Å². The van der Waals surface area contributed by atoms with Gasteiger partial charge in [-0.15, -0.1) is 0 Å². The molecular formula is C21H24FN3O2. The average Bonchev–Trinajstić information content (AvgIpc) is 3.03. The van der Waals surface area contributed by atoms with E-state index in [1.54, 1.807) is 17.0 Å². The van der Waals surface area contributed by atoms with Crippen molar-refractivity contribution in [1.29, 1.82) is 0 Å². The van der Waals surface area contributed by atoms with Crippen LogP contribution in [0.5, 0.6) is 0 Å². The number of rotatable bonds is 6. The Morgan fingerprint density at radius 1 is 1.22 bits per heavy atom. The summed E-state index contributed by atoms with van der Waals surface area (Å²) in [4.78, 5) is 28.4. The molecule has 0 radical (unpaired) electrons. The van der Waals surface area contributed by atoms with Crippen LogP contribution in [0.25, 0.3) is 0 Å². The molecule has 1 atom stereocenters. The molecule has 1 saturated heterocycles. The molecule has 142 valence electrons.